The molecule has 0 saturated carbocycles. The van der Waals surface area contributed by atoms with E-state index in [0.29, 0.717) is 23.1 Å². The van der Waals surface area contributed by atoms with Gasteiger partial charge in [0, 0.05) is 17.3 Å². The molecule has 0 aliphatic carbocycles. The van der Waals surface area contributed by atoms with Crippen molar-refractivity contribution in [2.75, 3.05) is 24.8 Å². The average molecular weight is 395 g/mol. The van der Waals surface area contributed by atoms with Gasteiger partial charge in [-0.1, -0.05) is 17.8 Å². The Balaban J connectivity index is 1.54. The number of methoxy groups -OCH3 is 1. The number of rotatable bonds is 8. The number of hydrogen-bond acceptors (Lipinski definition) is 6. The van der Waals surface area contributed by atoms with Crippen molar-refractivity contribution in [3.05, 3.63) is 60.7 Å². The topological polar surface area (TPSA) is 73.3 Å². The van der Waals surface area contributed by atoms with Gasteiger partial charge >= 0.3 is 0 Å². The summed E-state index contributed by atoms with van der Waals surface area (Å²) >= 11 is 1.33. The Morgan fingerprint density at radius 1 is 1.04 bits per heavy atom. The van der Waals surface area contributed by atoms with Crippen molar-refractivity contribution in [3.8, 4) is 22.8 Å². The maximum absolute atomic E-state index is 12.1. The first-order valence-corrected chi connectivity index (χ1v) is 9.80. The average Bonchev–Trinajstić information content (AvgIpc) is 2.74. The van der Waals surface area contributed by atoms with Crippen LogP contribution in [-0.4, -0.2) is 35.6 Å². The Hall–Kier alpha value is -3.06. The SMILES string of the molecule is CCOc1ccc(-c2ccc(SCC(=O)Nc3cccc(OC)c3)nn2)cc1. The second kappa shape index (κ2) is 9.75. The summed E-state index contributed by atoms with van der Waals surface area (Å²) in [5, 5.41) is 12.0. The van der Waals surface area contributed by atoms with Crippen LogP contribution in [0.25, 0.3) is 11.3 Å². The number of nitrogens with zero attached hydrogens (tertiary/aromatic N) is 2. The van der Waals surface area contributed by atoms with Gasteiger partial charge in [0.2, 0.25) is 5.91 Å². The number of aromatic nitrogens is 2. The van der Waals surface area contributed by atoms with E-state index < -0.39 is 0 Å². The minimum atomic E-state index is -0.115. The molecule has 2 aromatic carbocycles. The van der Waals surface area contributed by atoms with Crippen LogP contribution in [0, 0.1) is 0 Å². The van der Waals surface area contributed by atoms with Crippen LogP contribution in [-0.2, 0) is 4.79 Å². The van der Waals surface area contributed by atoms with Crippen LogP contribution in [0.4, 0.5) is 5.69 Å². The van der Waals surface area contributed by atoms with Gasteiger partial charge < -0.3 is 14.8 Å². The molecule has 0 unspecified atom stereocenters. The van der Waals surface area contributed by atoms with Gasteiger partial charge in [0.05, 0.1) is 25.2 Å². The van der Waals surface area contributed by atoms with Crippen LogP contribution in [0.5, 0.6) is 11.5 Å². The van der Waals surface area contributed by atoms with Crippen molar-refractivity contribution in [1.82, 2.24) is 10.2 Å². The van der Waals surface area contributed by atoms with E-state index in [2.05, 4.69) is 15.5 Å². The number of thioether (sulfide) groups is 1. The maximum Gasteiger partial charge on any atom is 0.234 e. The number of carbonyl (C=O) groups is 1. The first-order valence-electron chi connectivity index (χ1n) is 8.81. The highest BCUT2D eigenvalue weighted by molar-refractivity contribution is 7.99. The van der Waals surface area contributed by atoms with Crippen LogP contribution in [0.1, 0.15) is 6.92 Å². The van der Waals surface area contributed by atoms with E-state index in [-0.39, 0.29) is 11.7 Å². The molecule has 3 aromatic rings. The molecule has 7 heteroatoms. The number of nitrogens with one attached hydrogen (secondary N) is 1. The first kappa shape index (κ1) is 19.7. The molecule has 144 valence electrons. The van der Waals surface area contributed by atoms with Crippen molar-refractivity contribution in [3.63, 3.8) is 0 Å². The summed E-state index contributed by atoms with van der Waals surface area (Å²) in [6, 6.07) is 18.7. The van der Waals surface area contributed by atoms with Gasteiger partial charge in [-0.3, -0.25) is 4.79 Å². The van der Waals surface area contributed by atoms with Gasteiger partial charge in [-0.2, -0.15) is 0 Å². The van der Waals surface area contributed by atoms with Crippen LogP contribution in [0.2, 0.25) is 0 Å². The number of carbonyl (C=O) groups excluding carboxylic acids is 1. The quantitative estimate of drug-likeness (QED) is 0.574. The van der Waals surface area contributed by atoms with Gasteiger partial charge in [-0.05, 0) is 55.5 Å². The van der Waals surface area contributed by atoms with Crippen molar-refractivity contribution >= 4 is 23.4 Å². The molecule has 0 atom stereocenters. The fourth-order valence-corrected chi connectivity index (χ4v) is 3.09. The third-order valence-electron chi connectivity index (χ3n) is 3.81. The number of benzene rings is 2. The van der Waals surface area contributed by atoms with Gasteiger partial charge in [0.1, 0.15) is 16.5 Å². The summed E-state index contributed by atoms with van der Waals surface area (Å²) in [5.74, 6) is 1.65. The van der Waals surface area contributed by atoms with E-state index in [1.807, 2.05) is 61.5 Å². The molecule has 1 N–H and O–H groups in total. The molecule has 0 fully saturated rings. The van der Waals surface area contributed by atoms with Gasteiger partial charge in [0.25, 0.3) is 0 Å². The summed E-state index contributed by atoms with van der Waals surface area (Å²) < 4.78 is 10.6. The van der Waals surface area contributed by atoms with Gasteiger partial charge in [-0.15, -0.1) is 10.2 Å². The molecule has 1 aromatic heterocycles. The second-order valence-electron chi connectivity index (χ2n) is 5.78. The van der Waals surface area contributed by atoms with Crippen molar-refractivity contribution < 1.29 is 14.3 Å². The Bertz CT molecular complexity index is 915. The van der Waals surface area contributed by atoms with Crippen LogP contribution in [0.15, 0.2) is 65.7 Å². The van der Waals surface area contributed by atoms with Gasteiger partial charge in [-0.25, -0.2) is 0 Å². The number of ether oxygens (including phenoxy) is 2. The lowest BCUT2D eigenvalue weighted by atomic mass is 10.1. The standard InChI is InChI=1S/C21H21N3O3S/c1-3-27-17-9-7-15(8-10-17)19-11-12-21(24-23-19)28-14-20(25)22-16-5-4-6-18(13-16)26-2/h4-13H,3,14H2,1-2H3,(H,22,25). The Morgan fingerprint density at radius 3 is 2.54 bits per heavy atom. The first-order chi connectivity index (χ1) is 13.7. The van der Waals surface area contributed by atoms with Crippen LogP contribution < -0.4 is 14.8 Å². The van der Waals surface area contributed by atoms with Crippen LogP contribution >= 0.6 is 11.8 Å². The lowest BCUT2D eigenvalue weighted by molar-refractivity contribution is -0.113. The molecule has 0 spiro atoms. The highest BCUT2D eigenvalue weighted by Gasteiger charge is 2.07. The molecule has 28 heavy (non-hydrogen) atoms. The van der Waals surface area contributed by atoms with E-state index in [1.54, 1.807) is 13.2 Å². The molecule has 1 amide bonds. The Kier molecular flexibility index (Phi) is 6.86. The zero-order valence-corrected chi connectivity index (χ0v) is 16.5. The maximum atomic E-state index is 12.1. The third kappa shape index (κ3) is 5.47. The van der Waals surface area contributed by atoms with Crippen molar-refractivity contribution in [2.24, 2.45) is 0 Å². The molecule has 0 aliphatic heterocycles. The number of hydrogen-bond donors (Lipinski definition) is 1. The highest BCUT2D eigenvalue weighted by atomic mass is 32.2. The molecular formula is C21H21N3O3S. The summed E-state index contributed by atoms with van der Waals surface area (Å²) in [6.07, 6.45) is 0. The molecule has 0 bridgehead atoms. The van der Waals surface area contributed by atoms with E-state index in [0.717, 1.165) is 17.0 Å². The van der Waals surface area contributed by atoms with E-state index in [4.69, 9.17) is 9.47 Å². The third-order valence-corrected chi connectivity index (χ3v) is 4.73. The Morgan fingerprint density at radius 2 is 1.86 bits per heavy atom. The lowest BCUT2D eigenvalue weighted by Gasteiger charge is -2.07. The molecule has 0 aliphatic rings. The predicted molar refractivity (Wildman–Crippen MR) is 111 cm³/mol. The zero-order chi connectivity index (χ0) is 19.8. The predicted octanol–water partition coefficient (Wildman–Crippen LogP) is 4.28. The van der Waals surface area contributed by atoms with E-state index in [1.165, 1.54) is 11.8 Å². The minimum absolute atomic E-state index is 0.115. The number of amides is 1. The fraction of sp³-hybridized carbons (Fsp3) is 0.190. The Labute approximate surface area is 168 Å². The van der Waals surface area contributed by atoms with Crippen molar-refractivity contribution in [2.45, 2.75) is 11.9 Å². The van der Waals surface area contributed by atoms with E-state index >= 15 is 0 Å². The monoisotopic (exact) mass is 395 g/mol. The van der Waals surface area contributed by atoms with E-state index in [9.17, 15) is 4.79 Å². The van der Waals surface area contributed by atoms with Crippen molar-refractivity contribution in [1.29, 1.82) is 0 Å². The summed E-state index contributed by atoms with van der Waals surface area (Å²) in [6.45, 7) is 2.59. The normalized spacial score (nSPS) is 10.4. The highest BCUT2D eigenvalue weighted by Crippen LogP contribution is 2.23. The van der Waals surface area contributed by atoms with Gasteiger partial charge in [0.15, 0.2) is 0 Å². The fourth-order valence-electron chi connectivity index (χ4n) is 2.48. The lowest BCUT2D eigenvalue weighted by Crippen LogP contribution is -2.14. The molecule has 6 nitrogen and oxygen atoms in total. The minimum Gasteiger partial charge on any atom is -0.497 e. The summed E-state index contributed by atoms with van der Waals surface area (Å²) in [4.78, 5) is 12.1. The second-order valence-corrected chi connectivity index (χ2v) is 6.78. The number of anilines is 1. The molecule has 0 radical (unpaired) electrons. The summed E-state index contributed by atoms with van der Waals surface area (Å²) in [5.41, 5.74) is 2.43. The smallest absolute Gasteiger partial charge is 0.234 e. The molecule has 3 rings (SSSR count). The zero-order valence-electron chi connectivity index (χ0n) is 15.7. The largest absolute Gasteiger partial charge is 0.497 e. The molecule has 0 saturated heterocycles. The molecular weight excluding hydrogens is 374 g/mol. The molecule has 1 heterocycles. The van der Waals surface area contributed by atoms with Crippen LogP contribution in [0.3, 0.4) is 0 Å². The summed E-state index contributed by atoms with van der Waals surface area (Å²) in [7, 11) is 1.59.